The number of aromatic amines is 1. The van der Waals surface area contributed by atoms with Gasteiger partial charge in [0.1, 0.15) is 5.82 Å². The largest absolute Gasteiger partial charge is 0.388 e. The van der Waals surface area contributed by atoms with Gasteiger partial charge in [-0.05, 0) is 6.92 Å². The molecule has 0 unspecified atom stereocenters. The minimum absolute atomic E-state index is 0.364. The van der Waals surface area contributed by atoms with Gasteiger partial charge in [-0.25, -0.2) is 9.78 Å². The number of H-pyrrole nitrogens is 1. The molecule has 1 N–H and O–H groups in total. The summed E-state index contributed by atoms with van der Waals surface area (Å²) in [5.41, 5.74) is 0.484. The summed E-state index contributed by atoms with van der Waals surface area (Å²) in [5, 5.41) is 0. The second-order valence-corrected chi connectivity index (χ2v) is 5.46. The molecule has 0 spiro atoms. The van der Waals surface area contributed by atoms with Gasteiger partial charge in [-0.15, -0.1) is 0 Å². The van der Waals surface area contributed by atoms with E-state index in [9.17, 15) is 4.79 Å². The maximum Gasteiger partial charge on any atom is 0.348 e. The van der Waals surface area contributed by atoms with Crippen LogP contribution in [-0.4, -0.2) is 29.2 Å². The van der Waals surface area contributed by atoms with Crippen molar-refractivity contribution < 1.29 is 4.74 Å². The van der Waals surface area contributed by atoms with Crippen LogP contribution in [0.15, 0.2) is 35.1 Å². The van der Waals surface area contributed by atoms with Crippen LogP contribution in [0, 0.1) is 6.92 Å². The number of nitrogens with zero attached hydrogens (tertiary/aromatic N) is 2. The Morgan fingerprint density at radius 1 is 0.880 bits per heavy atom. The quantitative estimate of drug-likeness (QED) is 0.807. The van der Waals surface area contributed by atoms with Crippen LogP contribution in [0.1, 0.15) is 58.2 Å². The molecular weight excluding hydrogens is 314 g/mol. The number of aromatic nitrogens is 3. The van der Waals surface area contributed by atoms with E-state index >= 15 is 0 Å². The standard InChI is InChI=1S/C10H9N3O.C6H12.C2H6O.C2H6/c1-7-11-9(13-10(14)12-7)8-5-3-2-4-6-8;1-2-4-6-5-3-1;1-3-2;1-2/h2-6H,1H3,(H,11,12,13,14);1-6H2;1-2H3;1-2H3. The van der Waals surface area contributed by atoms with E-state index in [-0.39, 0.29) is 5.69 Å². The molecule has 5 nitrogen and oxygen atoms in total. The first-order valence-electron chi connectivity index (χ1n) is 9.08. The molecule has 5 heteroatoms. The molecule has 0 bridgehead atoms. The molecule has 1 aromatic heterocycles. The Labute approximate surface area is 151 Å². The van der Waals surface area contributed by atoms with Crippen LogP contribution >= 0.6 is 0 Å². The number of methoxy groups -OCH3 is 1. The van der Waals surface area contributed by atoms with Gasteiger partial charge in [-0.3, -0.25) is 4.98 Å². The maximum atomic E-state index is 11.1. The van der Waals surface area contributed by atoms with Crippen LogP contribution in [0.4, 0.5) is 0 Å². The zero-order valence-electron chi connectivity index (χ0n) is 16.3. The van der Waals surface area contributed by atoms with E-state index in [1.54, 1.807) is 21.1 Å². The van der Waals surface area contributed by atoms with E-state index in [1.165, 1.54) is 38.5 Å². The number of nitrogens with one attached hydrogen (secondary N) is 1. The highest BCUT2D eigenvalue weighted by Gasteiger charge is 2.01. The molecule has 0 atom stereocenters. The Morgan fingerprint density at radius 3 is 1.72 bits per heavy atom. The zero-order valence-corrected chi connectivity index (χ0v) is 16.3. The molecule has 1 heterocycles. The van der Waals surface area contributed by atoms with Gasteiger partial charge in [-0.2, -0.15) is 4.98 Å². The van der Waals surface area contributed by atoms with Gasteiger partial charge in [0.05, 0.1) is 0 Å². The van der Waals surface area contributed by atoms with Crippen molar-refractivity contribution >= 4 is 0 Å². The van der Waals surface area contributed by atoms with Crippen molar-refractivity contribution in [2.45, 2.75) is 59.3 Å². The molecule has 1 saturated carbocycles. The number of aryl methyl sites for hydroxylation is 1. The summed E-state index contributed by atoms with van der Waals surface area (Å²) in [6.45, 7) is 5.73. The molecule has 1 aliphatic carbocycles. The van der Waals surface area contributed by atoms with Crippen LogP contribution < -0.4 is 5.69 Å². The second-order valence-electron chi connectivity index (χ2n) is 5.46. The molecule has 0 saturated heterocycles. The maximum absolute atomic E-state index is 11.1. The number of hydrogen-bond donors (Lipinski definition) is 1. The van der Waals surface area contributed by atoms with Crippen molar-refractivity contribution in [3.63, 3.8) is 0 Å². The number of hydrogen-bond acceptors (Lipinski definition) is 4. The molecule has 1 aromatic carbocycles. The Balaban J connectivity index is 0.000000435. The van der Waals surface area contributed by atoms with Gasteiger partial charge in [0.25, 0.3) is 0 Å². The summed E-state index contributed by atoms with van der Waals surface area (Å²) in [6.07, 6.45) is 9.00. The van der Waals surface area contributed by atoms with Crippen molar-refractivity contribution in [2.75, 3.05) is 14.2 Å². The average molecular weight is 348 g/mol. The first kappa shape index (κ1) is 23.0. The molecule has 1 fully saturated rings. The third-order valence-electron chi connectivity index (χ3n) is 3.30. The SMILES string of the molecule is C1CCCCC1.CC.COC.Cc1nc(-c2ccccc2)nc(=O)[nH]1. The van der Waals surface area contributed by atoms with E-state index in [4.69, 9.17) is 0 Å². The average Bonchev–Trinajstić information content (AvgIpc) is 2.66. The lowest BCUT2D eigenvalue weighted by Gasteiger charge is -2.05. The Bertz CT molecular complexity index is 582. The van der Waals surface area contributed by atoms with Crippen molar-refractivity contribution in [1.29, 1.82) is 0 Å². The summed E-state index contributed by atoms with van der Waals surface area (Å²) >= 11 is 0. The van der Waals surface area contributed by atoms with Crippen molar-refractivity contribution in [3.8, 4) is 11.4 Å². The zero-order chi connectivity index (χ0) is 18.9. The van der Waals surface area contributed by atoms with Crippen LogP contribution in [-0.2, 0) is 4.74 Å². The van der Waals surface area contributed by atoms with Crippen molar-refractivity contribution in [1.82, 2.24) is 15.0 Å². The lowest BCUT2D eigenvalue weighted by molar-refractivity contribution is 0.277. The fraction of sp³-hybridized carbons (Fsp3) is 0.550. The van der Waals surface area contributed by atoms with Crippen LogP contribution in [0.2, 0.25) is 0 Å². The minimum Gasteiger partial charge on any atom is -0.388 e. The predicted octanol–water partition coefficient (Wildman–Crippen LogP) is 4.77. The number of benzene rings is 1. The summed E-state index contributed by atoms with van der Waals surface area (Å²) in [6, 6.07) is 9.41. The van der Waals surface area contributed by atoms with Gasteiger partial charge in [0.2, 0.25) is 0 Å². The van der Waals surface area contributed by atoms with E-state index < -0.39 is 0 Å². The highest BCUT2D eigenvalue weighted by atomic mass is 16.4. The Morgan fingerprint density at radius 2 is 1.32 bits per heavy atom. The van der Waals surface area contributed by atoms with E-state index in [1.807, 2.05) is 44.2 Å². The fourth-order valence-electron chi connectivity index (χ4n) is 2.27. The van der Waals surface area contributed by atoms with Gasteiger partial charge < -0.3 is 4.74 Å². The lowest BCUT2D eigenvalue weighted by Crippen LogP contribution is -2.14. The molecule has 3 rings (SSSR count). The molecule has 1 aliphatic rings. The first-order chi connectivity index (χ1) is 12.2. The Hall–Kier alpha value is -2.01. The highest BCUT2D eigenvalue weighted by Crippen LogP contribution is 2.15. The summed E-state index contributed by atoms with van der Waals surface area (Å²) in [4.78, 5) is 21.5. The van der Waals surface area contributed by atoms with Gasteiger partial charge in [0.15, 0.2) is 5.82 Å². The highest BCUT2D eigenvalue weighted by molar-refractivity contribution is 5.53. The second kappa shape index (κ2) is 15.5. The lowest BCUT2D eigenvalue weighted by atomic mass is 10.0. The molecule has 0 amide bonds. The van der Waals surface area contributed by atoms with Crippen LogP contribution in [0.25, 0.3) is 11.4 Å². The molecule has 0 aliphatic heterocycles. The summed E-state index contributed by atoms with van der Waals surface area (Å²) in [5.74, 6) is 1.04. The normalized spacial score (nSPS) is 12.4. The van der Waals surface area contributed by atoms with Gasteiger partial charge in [0, 0.05) is 19.8 Å². The molecule has 140 valence electrons. The molecule has 0 radical (unpaired) electrons. The van der Waals surface area contributed by atoms with Crippen LogP contribution in [0.5, 0.6) is 0 Å². The Kier molecular flexibility index (Phi) is 14.3. The number of rotatable bonds is 1. The monoisotopic (exact) mass is 347 g/mol. The van der Waals surface area contributed by atoms with Crippen LogP contribution in [0.3, 0.4) is 0 Å². The minimum atomic E-state index is -0.364. The van der Waals surface area contributed by atoms with Crippen molar-refractivity contribution in [2.24, 2.45) is 0 Å². The molecule has 2 aromatic rings. The van der Waals surface area contributed by atoms with Crippen molar-refractivity contribution in [3.05, 3.63) is 46.6 Å². The summed E-state index contributed by atoms with van der Waals surface area (Å²) < 4.78 is 4.25. The molecule has 25 heavy (non-hydrogen) atoms. The van der Waals surface area contributed by atoms with Gasteiger partial charge in [-0.1, -0.05) is 82.7 Å². The van der Waals surface area contributed by atoms with Gasteiger partial charge >= 0.3 is 5.69 Å². The topological polar surface area (TPSA) is 67.9 Å². The molecular formula is C20H33N3O2. The van der Waals surface area contributed by atoms with E-state index in [0.717, 1.165) is 5.56 Å². The van der Waals surface area contributed by atoms with E-state index in [2.05, 4.69) is 19.7 Å². The summed E-state index contributed by atoms with van der Waals surface area (Å²) in [7, 11) is 3.25. The smallest absolute Gasteiger partial charge is 0.348 e. The third-order valence-corrected chi connectivity index (χ3v) is 3.30. The predicted molar refractivity (Wildman–Crippen MR) is 105 cm³/mol. The first-order valence-corrected chi connectivity index (χ1v) is 9.08. The number of ether oxygens (including phenoxy) is 1. The third kappa shape index (κ3) is 11.2. The fourth-order valence-corrected chi connectivity index (χ4v) is 2.27. The van der Waals surface area contributed by atoms with E-state index in [0.29, 0.717) is 11.6 Å².